The lowest BCUT2D eigenvalue weighted by Crippen LogP contribution is -2.18. The van der Waals surface area contributed by atoms with Crippen LogP contribution < -0.4 is 0 Å². The lowest BCUT2D eigenvalue weighted by atomic mass is 9.91. The monoisotopic (exact) mass is 162 g/mol. The Balaban J connectivity index is 2.55. The van der Waals surface area contributed by atoms with E-state index in [1.807, 2.05) is 0 Å². The number of hydrogen-bond donors (Lipinski definition) is 0. The molecule has 60 valence electrons. The molecule has 0 N–H and O–H groups in total. The number of alkyl halides is 1. The molecule has 0 aromatic heterocycles. The highest BCUT2D eigenvalue weighted by atomic mass is 35.5. The summed E-state index contributed by atoms with van der Waals surface area (Å²) >= 11 is 5.78. The lowest BCUT2D eigenvalue weighted by Gasteiger charge is -2.13. The predicted octanol–water partition coefficient (Wildman–Crippen LogP) is 2.28. The highest BCUT2D eigenvalue weighted by molar-refractivity contribution is 6.18. The minimum Gasteiger partial charge on any atom is -0.375 e. The van der Waals surface area contributed by atoms with Crippen LogP contribution in [0.25, 0.3) is 0 Å². The Morgan fingerprint density at radius 1 is 1.20 bits per heavy atom. The van der Waals surface area contributed by atoms with E-state index in [-0.39, 0.29) is 0 Å². The second-order valence-corrected chi connectivity index (χ2v) is 3.53. The van der Waals surface area contributed by atoms with Gasteiger partial charge < -0.3 is 4.74 Å². The molecule has 0 saturated carbocycles. The molecule has 1 fully saturated rings. The molecule has 4 atom stereocenters. The van der Waals surface area contributed by atoms with Crippen molar-refractivity contribution in [1.82, 2.24) is 0 Å². The van der Waals surface area contributed by atoms with Crippen LogP contribution >= 0.6 is 11.6 Å². The maximum absolute atomic E-state index is 5.78. The Kier molecular flexibility index (Phi) is 2.59. The van der Waals surface area contributed by atoms with E-state index in [2.05, 4.69) is 20.8 Å². The van der Waals surface area contributed by atoms with Crippen LogP contribution in [0.5, 0.6) is 0 Å². The third-order valence-corrected chi connectivity index (χ3v) is 2.98. The first-order valence-electron chi connectivity index (χ1n) is 3.88. The maximum atomic E-state index is 5.78. The van der Waals surface area contributed by atoms with Crippen molar-refractivity contribution < 1.29 is 4.74 Å². The Labute approximate surface area is 67.7 Å². The van der Waals surface area contributed by atoms with Gasteiger partial charge in [0.05, 0.1) is 12.2 Å². The van der Waals surface area contributed by atoms with Gasteiger partial charge in [-0.15, -0.1) is 11.6 Å². The molecule has 1 rings (SSSR count). The van der Waals surface area contributed by atoms with Crippen molar-refractivity contribution in [3.8, 4) is 0 Å². The van der Waals surface area contributed by atoms with Gasteiger partial charge in [0, 0.05) is 11.8 Å². The van der Waals surface area contributed by atoms with Gasteiger partial charge in [0.1, 0.15) is 0 Å². The van der Waals surface area contributed by atoms with E-state index in [9.17, 15) is 0 Å². The van der Waals surface area contributed by atoms with Crippen LogP contribution in [0.2, 0.25) is 0 Å². The average Bonchev–Trinajstić information content (AvgIpc) is 2.09. The quantitative estimate of drug-likeness (QED) is 0.538. The zero-order valence-electron chi connectivity index (χ0n) is 6.80. The summed E-state index contributed by atoms with van der Waals surface area (Å²) in [5.74, 6) is 1.90. The molecular formula is C8H15ClO. The van der Waals surface area contributed by atoms with Crippen LogP contribution in [0.15, 0.2) is 0 Å². The van der Waals surface area contributed by atoms with Crippen molar-refractivity contribution in [3.63, 3.8) is 0 Å². The summed E-state index contributed by atoms with van der Waals surface area (Å²) in [6, 6.07) is 0. The van der Waals surface area contributed by atoms with Crippen molar-refractivity contribution in [2.75, 3.05) is 5.88 Å². The van der Waals surface area contributed by atoms with Crippen molar-refractivity contribution in [1.29, 1.82) is 0 Å². The summed E-state index contributed by atoms with van der Waals surface area (Å²) in [6.07, 6.45) is 0.737. The lowest BCUT2D eigenvalue weighted by molar-refractivity contribution is 0.0527. The Morgan fingerprint density at radius 2 is 1.80 bits per heavy atom. The van der Waals surface area contributed by atoms with Crippen LogP contribution in [0, 0.1) is 11.8 Å². The number of hydrogen-bond acceptors (Lipinski definition) is 1. The standard InChI is InChI=1S/C8H15ClO/c1-5-6(2)10-7(3)8(5)4-9/h5-8H,4H2,1-3H3/t5-,6+,7-,8-/m1/s1. The van der Waals surface area contributed by atoms with Crippen molar-refractivity contribution in [2.45, 2.75) is 33.0 Å². The molecule has 10 heavy (non-hydrogen) atoms. The highest BCUT2D eigenvalue weighted by Crippen LogP contribution is 2.32. The van der Waals surface area contributed by atoms with Crippen LogP contribution in [-0.2, 0) is 4.74 Å². The SMILES string of the molecule is C[C@H]1[C@@H](CCl)[C@@H](C)O[C@H]1C. The van der Waals surface area contributed by atoms with Crippen molar-refractivity contribution >= 4 is 11.6 Å². The van der Waals surface area contributed by atoms with Gasteiger partial charge in [-0.05, 0) is 19.8 Å². The fourth-order valence-electron chi connectivity index (χ4n) is 1.61. The van der Waals surface area contributed by atoms with E-state index in [0.29, 0.717) is 24.0 Å². The minimum absolute atomic E-state index is 0.350. The molecule has 0 radical (unpaired) electrons. The fraction of sp³-hybridized carbons (Fsp3) is 1.00. The largest absolute Gasteiger partial charge is 0.375 e. The first-order chi connectivity index (χ1) is 4.66. The molecule has 1 aliphatic rings. The minimum atomic E-state index is 0.350. The number of rotatable bonds is 1. The Hall–Kier alpha value is 0.250. The number of ether oxygens (including phenoxy) is 1. The molecular weight excluding hydrogens is 148 g/mol. The molecule has 0 unspecified atom stereocenters. The molecule has 0 bridgehead atoms. The molecule has 1 nitrogen and oxygen atoms in total. The topological polar surface area (TPSA) is 9.23 Å². The summed E-state index contributed by atoms with van der Waals surface area (Å²) in [7, 11) is 0. The molecule has 1 heterocycles. The fourth-order valence-corrected chi connectivity index (χ4v) is 2.14. The zero-order valence-corrected chi connectivity index (χ0v) is 7.56. The van der Waals surface area contributed by atoms with E-state index in [1.54, 1.807) is 0 Å². The molecule has 2 heteroatoms. The van der Waals surface area contributed by atoms with Crippen LogP contribution in [0.4, 0.5) is 0 Å². The van der Waals surface area contributed by atoms with E-state index in [1.165, 1.54) is 0 Å². The van der Waals surface area contributed by atoms with E-state index < -0.39 is 0 Å². The molecule has 0 spiro atoms. The molecule has 0 aromatic carbocycles. The van der Waals surface area contributed by atoms with Gasteiger partial charge in [-0.25, -0.2) is 0 Å². The highest BCUT2D eigenvalue weighted by Gasteiger charge is 2.35. The zero-order chi connectivity index (χ0) is 7.72. The third-order valence-electron chi connectivity index (χ3n) is 2.63. The smallest absolute Gasteiger partial charge is 0.0593 e. The predicted molar refractivity (Wildman–Crippen MR) is 43.4 cm³/mol. The third kappa shape index (κ3) is 1.30. The number of halogens is 1. The molecule has 1 saturated heterocycles. The Bertz CT molecular complexity index is 116. The van der Waals surface area contributed by atoms with Crippen molar-refractivity contribution in [2.24, 2.45) is 11.8 Å². The molecule has 0 aliphatic carbocycles. The second kappa shape index (κ2) is 3.10. The van der Waals surface area contributed by atoms with Crippen LogP contribution in [0.3, 0.4) is 0 Å². The molecule has 1 aliphatic heterocycles. The normalized spacial score (nSPS) is 48.0. The first-order valence-corrected chi connectivity index (χ1v) is 4.41. The van der Waals surface area contributed by atoms with Gasteiger partial charge in [0.25, 0.3) is 0 Å². The van der Waals surface area contributed by atoms with Gasteiger partial charge >= 0.3 is 0 Å². The average molecular weight is 163 g/mol. The molecule has 0 amide bonds. The summed E-state index contributed by atoms with van der Waals surface area (Å²) in [5, 5.41) is 0. The van der Waals surface area contributed by atoms with Gasteiger partial charge in [0.15, 0.2) is 0 Å². The summed E-state index contributed by atoms with van der Waals surface area (Å²) in [4.78, 5) is 0. The summed E-state index contributed by atoms with van der Waals surface area (Å²) < 4.78 is 5.59. The van der Waals surface area contributed by atoms with Crippen molar-refractivity contribution in [3.05, 3.63) is 0 Å². The summed E-state index contributed by atoms with van der Waals surface area (Å²) in [6.45, 7) is 6.43. The van der Waals surface area contributed by atoms with E-state index >= 15 is 0 Å². The first kappa shape index (κ1) is 8.35. The van der Waals surface area contributed by atoms with E-state index in [0.717, 1.165) is 5.88 Å². The van der Waals surface area contributed by atoms with Gasteiger partial charge in [0.2, 0.25) is 0 Å². The van der Waals surface area contributed by atoms with Gasteiger partial charge in [-0.1, -0.05) is 6.92 Å². The van der Waals surface area contributed by atoms with Gasteiger partial charge in [-0.2, -0.15) is 0 Å². The van der Waals surface area contributed by atoms with E-state index in [4.69, 9.17) is 16.3 Å². The molecule has 0 aromatic rings. The van der Waals surface area contributed by atoms with Crippen LogP contribution in [0.1, 0.15) is 20.8 Å². The summed E-state index contributed by atoms with van der Waals surface area (Å²) in [5.41, 5.74) is 0. The van der Waals surface area contributed by atoms with Crippen LogP contribution in [-0.4, -0.2) is 18.1 Å². The maximum Gasteiger partial charge on any atom is 0.0593 e. The Morgan fingerprint density at radius 3 is 2.00 bits per heavy atom. The van der Waals surface area contributed by atoms with Gasteiger partial charge in [-0.3, -0.25) is 0 Å². The second-order valence-electron chi connectivity index (χ2n) is 3.22.